The number of benzene rings is 2. The molecule has 150 valence electrons. The molecule has 28 heavy (non-hydrogen) atoms. The number of aliphatic carboxylic acids is 1. The van der Waals surface area contributed by atoms with Crippen molar-refractivity contribution in [3.63, 3.8) is 0 Å². The van der Waals surface area contributed by atoms with Gasteiger partial charge in [0.15, 0.2) is 9.84 Å². The maximum absolute atomic E-state index is 12.4. The maximum atomic E-state index is 12.4. The van der Waals surface area contributed by atoms with E-state index >= 15 is 0 Å². The average Bonchev–Trinajstić information content (AvgIpc) is 2.64. The molecule has 7 heteroatoms. The van der Waals surface area contributed by atoms with Gasteiger partial charge in [0.1, 0.15) is 6.04 Å². The highest BCUT2D eigenvalue weighted by atomic mass is 32.2. The van der Waals surface area contributed by atoms with E-state index in [1.54, 1.807) is 30.3 Å². The molecule has 2 rings (SSSR count). The molecular weight excluding hydrogens is 378 g/mol. The molecule has 0 saturated heterocycles. The van der Waals surface area contributed by atoms with Crippen LogP contribution in [0.5, 0.6) is 0 Å². The molecule has 0 aliphatic heterocycles. The Morgan fingerprint density at radius 3 is 2.07 bits per heavy atom. The third kappa shape index (κ3) is 5.66. The van der Waals surface area contributed by atoms with Crippen molar-refractivity contribution >= 4 is 21.7 Å². The molecule has 0 fully saturated rings. The predicted molar refractivity (Wildman–Crippen MR) is 107 cm³/mol. The lowest BCUT2D eigenvalue weighted by Crippen LogP contribution is -2.42. The molecule has 2 aromatic carbocycles. The monoisotopic (exact) mass is 403 g/mol. The van der Waals surface area contributed by atoms with Crippen molar-refractivity contribution in [2.75, 3.05) is 5.75 Å². The highest BCUT2D eigenvalue weighted by Gasteiger charge is 2.24. The lowest BCUT2D eigenvalue weighted by atomic mass is 9.86. The van der Waals surface area contributed by atoms with Crippen LogP contribution < -0.4 is 5.32 Å². The first-order valence-electron chi connectivity index (χ1n) is 8.93. The smallest absolute Gasteiger partial charge is 0.326 e. The Bertz CT molecular complexity index is 929. The van der Waals surface area contributed by atoms with Crippen LogP contribution in [0.15, 0.2) is 59.5 Å². The van der Waals surface area contributed by atoms with E-state index in [1.807, 2.05) is 12.1 Å². The number of nitrogens with one attached hydrogen (secondary N) is 1. The van der Waals surface area contributed by atoms with Crippen molar-refractivity contribution in [3.05, 3.63) is 65.7 Å². The van der Waals surface area contributed by atoms with Crippen LogP contribution in [0.4, 0.5) is 0 Å². The molecule has 2 N–H and O–H groups in total. The van der Waals surface area contributed by atoms with Gasteiger partial charge >= 0.3 is 5.97 Å². The molecule has 0 radical (unpaired) electrons. The minimum atomic E-state index is -3.63. The van der Waals surface area contributed by atoms with Crippen LogP contribution in [-0.4, -0.2) is 37.2 Å². The Kier molecular flexibility index (Phi) is 6.61. The number of carbonyl (C=O) groups excluding carboxylic acids is 1. The Labute approximate surface area is 165 Å². The van der Waals surface area contributed by atoms with E-state index in [2.05, 4.69) is 26.1 Å². The second-order valence-electron chi connectivity index (χ2n) is 7.61. The number of rotatable bonds is 7. The van der Waals surface area contributed by atoms with Gasteiger partial charge in [-0.25, -0.2) is 13.2 Å². The second-order valence-corrected chi connectivity index (χ2v) is 9.72. The summed E-state index contributed by atoms with van der Waals surface area (Å²) in [7, 11) is -3.63. The first kappa shape index (κ1) is 21.6. The topological polar surface area (TPSA) is 101 Å². The number of amides is 1. The molecular formula is C21H25NO5S. The first-order valence-corrected chi connectivity index (χ1v) is 10.6. The second kappa shape index (κ2) is 8.56. The van der Waals surface area contributed by atoms with Gasteiger partial charge in [0.2, 0.25) is 0 Å². The van der Waals surface area contributed by atoms with Crippen LogP contribution in [0.2, 0.25) is 0 Å². The number of hydrogen-bond acceptors (Lipinski definition) is 4. The number of hydrogen-bond donors (Lipinski definition) is 2. The molecule has 0 saturated carbocycles. The van der Waals surface area contributed by atoms with E-state index in [0.29, 0.717) is 5.56 Å². The quantitative estimate of drug-likeness (QED) is 0.740. The molecule has 0 heterocycles. The van der Waals surface area contributed by atoms with Crippen molar-refractivity contribution in [2.45, 2.75) is 43.5 Å². The van der Waals surface area contributed by atoms with E-state index in [1.165, 1.54) is 12.1 Å². The van der Waals surface area contributed by atoms with Gasteiger partial charge in [-0.2, -0.15) is 0 Å². The summed E-state index contributed by atoms with van der Waals surface area (Å²) in [6.07, 6.45) is -0.224. The Morgan fingerprint density at radius 2 is 1.57 bits per heavy atom. The predicted octanol–water partition coefficient (Wildman–Crippen LogP) is 3.03. The summed E-state index contributed by atoms with van der Waals surface area (Å²) in [4.78, 5) is 24.0. The lowest BCUT2D eigenvalue weighted by molar-refractivity contribution is -0.139. The van der Waals surface area contributed by atoms with Crippen LogP contribution in [-0.2, 0) is 20.0 Å². The van der Waals surface area contributed by atoms with Gasteiger partial charge in [0.05, 0.1) is 10.6 Å². The molecule has 1 atom stereocenters. The molecule has 0 bridgehead atoms. The van der Waals surface area contributed by atoms with Crippen LogP contribution in [0, 0.1) is 0 Å². The molecule has 6 nitrogen and oxygen atoms in total. The van der Waals surface area contributed by atoms with Crippen LogP contribution in [0.1, 0.15) is 43.1 Å². The van der Waals surface area contributed by atoms with Crippen LogP contribution >= 0.6 is 0 Å². The van der Waals surface area contributed by atoms with Crippen LogP contribution in [0.3, 0.4) is 0 Å². The van der Waals surface area contributed by atoms with Crippen molar-refractivity contribution in [1.82, 2.24) is 5.32 Å². The maximum Gasteiger partial charge on any atom is 0.326 e. The van der Waals surface area contributed by atoms with E-state index in [0.717, 1.165) is 5.56 Å². The summed E-state index contributed by atoms with van der Waals surface area (Å²) in [5.74, 6) is -2.20. The first-order chi connectivity index (χ1) is 13.0. The van der Waals surface area contributed by atoms with Gasteiger partial charge in [-0.15, -0.1) is 0 Å². The molecule has 0 aromatic heterocycles. The lowest BCUT2D eigenvalue weighted by Gasteiger charge is -2.19. The van der Waals surface area contributed by atoms with E-state index in [9.17, 15) is 23.1 Å². The van der Waals surface area contributed by atoms with Crippen molar-refractivity contribution in [2.24, 2.45) is 0 Å². The number of sulfone groups is 1. The number of carbonyl (C=O) groups is 2. The van der Waals surface area contributed by atoms with Crippen LogP contribution in [0.25, 0.3) is 0 Å². The minimum Gasteiger partial charge on any atom is -0.480 e. The summed E-state index contributed by atoms with van der Waals surface area (Å²) in [5, 5.41) is 11.8. The zero-order valence-corrected chi connectivity index (χ0v) is 17.0. The molecule has 0 spiro atoms. The van der Waals surface area contributed by atoms with Gasteiger partial charge in [-0.1, -0.05) is 51.1 Å². The Morgan fingerprint density at radius 1 is 1.00 bits per heavy atom. The third-order valence-corrected chi connectivity index (χ3v) is 6.16. The molecule has 0 aliphatic rings. The van der Waals surface area contributed by atoms with Gasteiger partial charge in [-0.3, -0.25) is 4.79 Å². The highest BCUT2D eigenvalue weighted by molar-refractivity contribution is 7.91. The average molecular weight is 404 g/mol. The third-order valence-electron chi connectivity index (χ3n) is 4.39. The largest absolute Gasteiger partial charge is 0.480 e. The van der Waals surface area contributed by atoms with Gasteiger partial charge < -0.3 is 10.4 Å². The van der Waals surface area contributed by atoms with Crippen molar-refractivity contribution in [1.29, 1.82) is 0 Å². The summed E-state index contributed by atoms with van der Waals surface area (Å²) in [6, 6.07) is 13.4. The summed E-state index contributed by atoms with van der Waals surface area (Å²) < 4.78 is 24.7. The number of carboxylic acids is 1. The van der Waals surface area contributed by atoms with E-state index < -0.39 is 27.8 Å². The van der Waals surface area contributed by atoms with Gasteiger partial charge in [0.25, 0.3) is 5.91 Å². The summed E-state index contributed by atoms with van der Waals surface area (Å²) in [5.41, 5.74) is 1.31. The zero-order valence-electron chi connectivity index (χ0n) is 16.2. The van der Waals surface area contributed by atoms with Gasteiger partial charge in [0, 0.05) is 5.56 Å². The standard InChI is InChI=1S/C21H25NO5S/c1-21(2,3)16-11-9-15(10-12-16)19(23)22-18(20(24)25)13-14-28(26,27)17-7-5-4-6-8-17/h4-12,18H,13-14H2,1-3H3,(H,22,23)(H,24,25)/t18-/m1/s1. The molecule has 0 aliphatic carbocycles. The minimum absolute atomic E-state index is 0.0651. The number of carboxylic acid groups (broad SMARTS) is 1. The van der Waals surface area contributed by atoms with Crippen molar-refractivity contribution < 1.29 is 23.1 Å². The molecule has 1 amide bonds. The fraction of sp³-hybridized carbons (Fsp3) is 0.333. The van der Waals surface area contributed by atoms with Gasteiger partial charge in [-0.05, 0) is 41.7 Å². The highest BCUT2D eigenvalue weighted by Crippen LogP contribution is 2.22. The van der Waals surface area contributed by atoms with Crippen molar-refractivity contribution in [3.8, 4) is 0 Å². The Balaban J connectivity index is 2.06. The zero-order chi connectivity index (χ0) is 20.9. The van der Waals surface area contributed by atoms with E-state index in [-0.39, 0.29) is 22.5 Å². The normalized spacial score (nSPS) is 13.0. The fourth-order valence-electron chi connectivity index (χ4n) is 2.64. The molecule has 0 unspecified atom stereocenters. The molecule has 2 aromatic rings. The SMILES string of the molecule is CC(C)(C)c1ccc(C(=O)N[C@H](CCS(=O)(=O)c2ccccc2)C(=O)O)cc1. The Hall–Kier alpha value is -2.67. The van der Waals surface area contributed by atoms with E-state index in [4.69, 9.17) is 0 Å². The summed E-state index contributed by atoms with van der Waals surface area (Å²) >= 11 is 0. The fourth-order valence-corrected chi connectivity index (χ4v) is 3.99. The summed E-state index contributed by atoms with van der Waals surface area (Å²) in [6.45, 7) is 6.15.